The summed E-state index contributed by atoms with van der Waals surface area (Å²) >= 11 is 0. The lowest BCUT2D eigenvalue weighted by Crippen LogP contribution is -2.37. The van der Waals surface area contributed by atoms with Crippen LogP contribution in [0.5, 0.6) is 0 Å². The molecule has 1 aromatic rings. The Bertz CT molecular complexity index is 391. The summed E-state index contributed by atoms with van der Waals surface area (Å²) < 4.78 is 0. The second kappa shape index (κ2) is 7.71. The summed E-state index contributed by atoms with van der Waals surface area (Å²) in [7, 11) is 0. The van der Waals surface area contributed by atoms with Gasteiger partial charge in [0.2, 0.25) is 0 Å². The highest BCUT2D eigenvalue weighted by molar-refractivity contribution is 5.73. The fourth-order valence-corrected chi connectivity index (χ4v) is 1.78. The zero-order valence-corrected chi connectivity index (χ0v) is 11.1. The zero-order chi connectivity index (χ0) is 13.4. The standard InChI is InChI=1S/C14H22N2O2/c1-11-4-5-13(12(2)10-11)6-8-16-14(18)15-7-3-9-17/h4-5,10,17H,3,6-9H2,1-2H3,(H2,15,16,18). The van der Waals surface area contributed by atoms with Crippen LogP contribution in [0.1, 0.15) is 23.1 Å². The summed E-state index contributed by atoms with van der Waals surface area (Å²) in [5.74, 6) is 0. The molecule has 0 spiro atoms. The topological polar surface area (TPSA) is 61.4 Å². The van der Waals surface area contributed by atoms with Crippen LogP contribution in [-0.4, -0.2) is 30.8 Å². The maximum atomic E-state index is 11.3. The van der Waals surface area contributed by atoms with Gasteiger partial charge in [0.25, 0.3) is 0 Å². The van der Waals surface area contributed by atoms with Crippen LogP contribution in [0.2, 0.25) is 0 Å². The third-order valence-electron chi connectivity index (χ3n) is 2.80. The minimum absolute atomic E-state index is 0.100. The van der Waals surface area contributed by atoms with Crippen molar-refractivity contribution in [2.45, 2.75) is 26.7 Å². The van der Waals surface area contributed by atoms with Crippen LogP contribution in [0, 0.1) is 13.8 Å². The van der Waals surface area contributed by atoms with E-state index in [0.29, 0.717) is 19.5 Å². The minimum atomic E-state index is -0.173. The maximum Gasteiger partial charge on any atom is 0.314 e. The van der Waals surface area contributed by atoms with E-state index in [1.54, 1.807) is 0 Å². The van der Waals surface area contributed by atoms with Gasteiger partial charge in [0.1, 0.15) is 0 Å². The van der Waals surface area contributed by atoms with Gasteiger partial charge in [-0.3, -0.25) is 0 Å². The lowest BCUT2D eigenvalue weighted by atomic mass is 10.0. The molecule has 18 heavy (non-hydrogen) atoms. The number of hydrogen-bond acceptors (Lipinski definition) is 2. The Balaban J connectivity index is 2.26. The normalized spacial score (nSPS) is 10.2. The van der Waals surface area contributed by atoms with Gasteiger partial charge in [-0.15, -0.1) is 0 Å². The minimum Gasteiger partial charge on any atom is -0.396 e. The van der Waals surface area contributed by atoms with Crippen molar-refractivity contribution in [1.82, 2.24) is 10.6 Å². The number of amides is 2. The summed E-state index contributed by atoms with van der Waals surface area (Å²) in [4.78, 5) is 11.3. The van der Waals surface area contributed by atoms with Crippen LogP contribution in [0.25, 0.3) is 0 Å². The van der Waals surface area contributed by atoms with Gasteiger partial charge in [-0.2, -0.15) is 0 Å². The summed E-state index contributed by atoms with van der Waals surface area (Å²) in [6, 6.07) is 6.17. The van der Waals surface area contributed by atoms with Gasteiger partial charge < -0.3 is 15.7 Å². The van der Waals surface area contributed by atoms with E-state index in [1.807, 2.05) is 0 Å². The Kier molecular flexibility index (Phi) is 6.22. The van der Waals surface area contributed by atoms with Crippen molar-refractivity contribution in [3.63, 3.8) is 0 Å². The largest absolute Gasteiger partial charge is 0.396 e. The molecule has 2 amide bonds. The van der Waals surface area contributed by atoms with E-state index in [0.717, 1.165) is 6.42 Å². The average molecular weight is 250 g/mol. The fraction of sp³-hybridized carbons (Fsp3) is 0.500. The van der Waals surface area contributed by atoms with Crippen LogP contribution < -0.4 is 10.6 Å². The number of nitrogens with one attached hydrogen (secondary N) is 2. The lowest BCUT2D eigenvalue weighted by molar-refractivity contribution is 0.238. The van der Waals surface area contributed by atoms with Gasteiger partial charge in [0, 0.05) is 19.7 Å². The number of urea groups is 1. The maximum absolute atomic E-state index is 11.3. The quantitative estimate of drug-likeness (QED) is 0.670. The molecule has 0 aliphatic heterocycles. The molecule has 0 bridgehead atoms. The molecule has 0 aromatic heterocycles. The van der Waals surface area contributed by atoms with Crippen molar-refractivity contribution in [3.8, 4) is 0 Å². The van der Waals surface area contributed by atoms with Crippen LogP contribution in [-0.2, 0) is 6.42 Å². The highest BCUT2D eigenvalue weighted by atomic mass is 16.3. The van der Waals surface area contributed by atoms with Gasteiger partial charge in [-0.05, 0) is 37.8 Å². The van der Waals surface area contributed by atoms with Gasteiger partial charge in [0.15, 0.2) is 0 Å². The molecule has 0 saturated carbocycles. The van der Waals surface area contributed by atoms with E-state index >= 15 is 0 Å². The number of aryl methyl sites for hydroxylation is 2. The number of carbonyl (C=O) groups is 1. The predicted octanol–water partition coefficient (Wildman–Crippen LogP) is 1.53. The van der Waals surface area contributed by atoms with Crippen LogP contribution in [0.15, 0.2) is 18.2 Å². The van der Waals surface area contributed by atoms with Gasteiger partial charge in [-0.1, -0.05) is 23.8 Å². The highest BCUT2D eigenvalue weighted by Gasteiger charge is 2.01. The third-order valence-corrected chi connectivity index (χ3v) is 2.80. The van der Waals surface area contributed by atoms with Crippen molar-refractivity contribution in [2.24, 2.45) is 0 Å². The Labute approximate surface area is 108 Å². The Morgan fingerprint density at radius 1 is 1.22 bits per heavy atom. The summed E-state index contributed by atoms with van der Waals surface area (Å²) in [5, 5.41) is 14.1. The average Bonchev–Trinajstić information content (AvgIpc) is 2.32. The molecule has 100 valence electrons. The van der Waals surface area contributed by atoms with Crippen molar-refractivity contribution < 1.29 is 9.90 Å². The van der Waals surface area contributed by atoms with E-state index in [1.165, 1.54) is 16.7 Å². The first-order chi connectivity index (χ1) is 8.63. The highest BCUT2D eigenvalue weighted by Crippen LogP contribution is 2.10. The van der Waals surface area contributed by atoms with E-state index < -0.39 is 0 Å². The van der Waals surface area contributed by atoms with Gasteiger partial charge in [-0.25, -0.2) is 4.79 Å². The number of benzene rings is 1. The molecule has 0 aliphatic carbocycles. The molecule has 0 radical (unpaired) electrons. The lowest BCUT2D eigenvalue weighted by Gasteiger charge is -2.09. The SMILES string of the molecule is Cc1ccc(CCNC(=O)NCCCO)c(C)c1. The van der Waals surface area contributed by atoms with Crippen molar-refractivity contribution >= 4 is 6.03 Å². The summed E-state index contributed by atoms with van der Waals surface area (Å²) in [6.07, 6.45) is 1.42. The smallest absolute Gasteiger partial charge is 0.314 e. The molecule has 0 aliphatic rings. The molecule has 4 nitrogen and oxygen atoms in total. The number of hydrogen-bond donors (Lipinski definition) is 3. The molecule has 1 rings (SSSR count). The molecular weight excluding hydrogens is 228 g/mol. The molecule has 0 fully saturated rings. The first kappa shape index (κ1) is 14.5. The van der Waals surface area contributed by atoms with Gasteiger partial charge in [0.05, 0.1) is 0 Å². The van der Waals surface area contributed by atoms with Crippen LogP contribution >= 0.6 is 0 Å². The summed E-state index contributed by atoms with van der Waals surface area (Å²) in [5.41, 5.74) is 3.78. The Morgan fingerprint density at radius 2 is 1.94 bits per heavy atom. The zero-order valence-electron chi connectivity index (χ0n) is 11.1. The van der Waals surface area contributed by atoms with Gasteiger partial charge >= 0.3 is 6.03 Å². The van der Waals surface area contributed by atoms with E-state index in [4.69, 9.17) is 5.11 Å². The number of aliphatic hydroxyl groups excluding tert-OH is 1. The number of aliphatic hydroxyl groups is 1. The molecule has 0 heterocycles. The molecule has 1 aromatic carbocycles. The summed E-state index contributed by atoms with van der Waals surface area (Å²) in [6.45, 7) is 5.39. The van der Waals surface area contributed by atoms with Crippen molar-refractivity contribution in [2.75, 3.05) is 19.7 Å². The molecule has 3 N–H and O–H groups in total. The molecule has 4 heteroatoms. The second-order valence-electron chi connectivity index (χ2n) is 4.44. The van der Waals surface area contributed by atoms with E-state index in [2.05, 4.69) is 42.7 Å². The number of carbonyl (C=O) groups excluding carboxylic acids is 1. The van der Waals surface area contributed by atoms with Crippen LogP contribution in [0.3, 0.4) is 0 Å². The van der Waals surface area contributed by atoms with Crippen molar-refractivity contribution in [3.05, 3.63) is 34.9 Å². The molecular formula is C14H22N2O2. The monoisotopic (exact) mass is 250 g/mol. The predicted molar refractivity (Wildman–Crippen MR) is 72.7 cm³/mol. The number of rotatable bonds is 6. The Morgan fingerprint density at radius 3 is 2.61 bits per heavy atom. The first-order valence-electron chi connectivity index (χ1n) is 6.32. The van der Waals surface area contributed by atoms with Crippen molar-refractivity contribution in [1.29, 1.82) is 0 Å². The third kappa shape index (κ3) is 5.19. The molecule has 0 atom stereocenters. The second-order valence-corrected chi connectivity index (χ2v) is 4.44. The van der Waals surface area contributed by atoms with E-state index in [9.17, 15) is 4.79 Å². The van der Waals surface area contributed by atoms with E-state index in [-0.39, 0.29) is 12.6 Å². The fourth-order valence-electron chi connectivity index (χ4n) is 1.78. The first-order valence-corrected chi connectivity index (χ1v) is 6.32. The molecule has 0 saturated heterocycles. The Hall–Kier alpha value is -1.55. The molecule has 0 unspecified atom stereocenters. The van der Waals surface area contributed by atoms with Crippen LogP contribution in [0.4, 0.5) is 4.79 Å².